The first-order valence-corrected chi connectivity index (χ1v) is 14.6. The van der Waals surface area contributed by atoms with Gasteiger partial charge in [-0.1, -0.05) is 29.8 Å². The SMILES string of the molecule is NCCCCNS(=O)(=O)c1ccc(Cl)c(COC2(c3cnccc3-c3ccccc3OC3CC3)CC2)c1. The van der Waals surface area contributed by atoms with Crippen molar-refractivity contribution in [1.82, 2.24) is 9.71 Å². The molecule has 0 aliphatic heterocycles. The topological polar surface area (TPSA) is 104 Å². The third-order valence-corrected chi connectivity index (χ3v) is 8.59. The van der Waals surface area contributed by atoms with Crippen molar-refractivity contribution in [2.75, 3.05) is 13.1 Å². The number of ether oxygens (including phenoxy) is 2. The number of pyridine rings is 1. The number of unbranched alkanes of at least 4 members (excludes halogenated alkanes) is 1. The highest BCUT2D eigenvalue weighted by Gasteiger charge is 2.47. The molecular formula is C28H32ClN3O4S. The third kappa shape index (κ3) is 6.16. The van der Waals surface area contributed by atoms with Crippen LogP contribution in [0, 0.1) is 0 Å². The first-order valence-electron chi connectivity index (χ1n) is 12.7. The van der Waals surface area contributed by atoms with E-state index in [1.54, 1.807) is 18.3 Å². The number of aromatic nitrogens is 1. The summed E-state index contributed by atoms with van der Waals surface area (Å²) >= 11 is 6.45. The number of rotatable bonds is 13. The van der Waals surface area contributed by atoms with Gasteiger partial charge < -0.3 is 15.2 Å². The maximum Gasteiger partial charge on any atom is 0.240 e. The number of para-hydroxylation sites is 1. The fraction of sp³-hybridized carbons (Fsp3) is 0.393. The van der Waals surface area contributed by atoms with Crippen LogP contribution in [-0.2, 0) is 27.0 Å². The van der Waals surface area contributed by atoms with Crippen molar-refractivity contribution in [3.8, 4) is 16.9 Å². The first-order chi connectivity index (χ1) is 17.9. The smallest absolute Gasteiger partial charge is 0.240 e. The molecule has 196 valence electrons. The summed E-state index contributed by atoms with van der Waals surface area (Å²) in [6, 6.07) is 14.8. The zero-order chi connectivity index (χ0) is 25.9. The van der Waals surface area contributed by atoms with E-state index in [1.807, 2.05) is 30.5 Å². The van der Waals surface area contributed by atoms with E-state index in [4.69, 9.17) is 26.8 Å². The van der Waals surface area contributed by atoms with Gasteiger partial charge in [0.2, 0.25) is 10.0 Å². The van der Waals surface area contributed by atoms with Crippen LogP contribution in [0.15, 0.2) is 65.8 Å². The summed E-state index contributed by atoms with van der Waals surface area (Å²) in [4.78, 5) is 4.57. The molecule has 2 aliphatic rings. The summed E-state index contributed by atoms with van der Waals surface area (Å²) in [5.41, 5.74) is 8.68. The van der Waals surface area contributed by atoms with E-state index in [9.17, 15) is 8.42 Å². The molecule has 0 radical (unpaired) electrons. The molecule has 3 aromatic rings. The van der Waals surface area contributed by atoms with Crippen LogP contribution in [0.1, 0.15) is 49.7 Å². The molecule has 0 bridgehead atoms. The van der Waals surface area contributed by atoms with Crippen LogP contribution in [0.3, 0.4) is 0 Å². The van der Waals surface area contributed by atoms with E-state index < -0.39 is 15.6 Å². The van der Waals surface area contributed by atoms with Crippen molar-refractivity contribution in [1.29, 1.82) is 0 Å². The Balaban J connectivity index is 1.35. The molecule has 1 aromatic heterocycles. The molecule has 2 aliphatic carbocycles. The summed E-state index contributed by atoms with van der Waals surface area (Å²) in [6.07, 6.45) is 9.25. The summed E-state index contributed by atoms with van der Waals surface area (Å²) in [7, 11) is -3.65. The quantitative estimate of drug-likeness (QED) is 0.289. The van der Waals surface area contributed by atoms with Gasteiger partial charge >= 0.3 is 0 Å². The minimum Gasteiger partial charge on any atom is -0.490 e. The Labute approximate surface area is 223 Å². The minimum atomic E-state index is -3.65. The molecule has 7 nitrogen and oxygen atoms in total. The van der Waals surface area contributed by atoms with Crippen molar-refractivity contribution in [3.05, 3.63) is 77.1 Å². The molecule has 1 heterocycles. The molecule has 5 rings (SSSR count). The van der Waals surface area contributed by atoms with E-state index in [0.717, 1.165) is 54.5 Å². The van der Waals surface area contributed by atoms with Crippen LogP contribution in [0.5, 0.6) is 5.75 Å². The van der Waals surface area contributed by atoms with Crippen molar-refractivity contribution >= 4 is 21.6 Å². The summed E-state index contributed by atoms with van der Waals surface area (Å²) < 4.78 is 40.8. The Morgan fingerprint density at radius 3 is 2.65 bits per heavy atom. The average Bonchev–Trinajstić information content (AvgIpc) is 3.84. The molecular weight excluding hydrogens is 510 g/mol. The van der Waals surface area contributed by atoms with Crippen LogP contribution in [0.25, 0.3) is 11.1 Å². The highest BCUT2D eigenvalue weighted by Crippen LogP contribution is 2.53. The first kappa shape index (κ1) is 26.1. The van der Waals surface area contributed by atoms with Crippen LogP contribution in [0.2, 0.25) is 5.02 Å². The summed E-state index contributed by atoms with van der Waals surface area (Å²) in [5.74, 6) is 0.869. The zero-order valence-corrected chi connectivity index (χ0v) is 22.2. The van der Waals surface area contributed by atoms with Crippen molar-refractivity contribution in [2.24, 2.45) is 5.73 Å². The van der Waals surface area contributed by atoms with Crippen LogP contribution < -0.4 is 15.2 Å². The van der Waals surface area contributed by atoms with Crippen molar-refractivity contribution < 1.29 is 17.9 Å². The number of benzene rings is 2. The predicted molar refractivity (Wildman–Crippen MR) is 144 cm³/mol. The monoisotopic (exact) mass is 541 g/mol. The lowest BCUT2D eigenvalue weighted by molar-refractivity contribution is 0.0173. The number of nitrogens with zero attached hydrogens (tertiary/aromatic N) is 1. The number of hydrogen-bond acceptors (Lipinski definition) is 6. The molecule has 3 N–H and O–H groups in total. The van der Waals surface area contributed by atoms with Gasteiger partial charge in [0.25, 0.3) is 0 Å². The highest BCUT2D eigenvalue weighted by atomic mass is 35.5. The van der Waals surface area contributed by atoms with Gasteiger partial charge in [-0.05, 0) is 86.5 Å². The van der Waals surface area contributed by atoms with Crippen molar-refractivity contribution in [3.63, 3.8) is 0 Å². The average molecular weight is 542 g/mol. The molecule has 9 heteroatoms. The maximum atomic E-state index is 12.8. The molecule has 2 fully saturated rings. The van der Waals surface area contributed by atoms with E-state index >= 15 is 0 Å². The lowest BCUT2D eigenvalue weighted by Crippen LogP contribution is -2.25. The predicted octanol–water partition coefficient (Wildman–Crippen LogP) is 5.17. The fourth-order valence-electron chi connectivity index (χ4n) is 4.36. The van der Waals surface area contributed by atoms with Gasteiger partial charge in [-0.2, -0.15) is 0 Å². The van der Waals surface area contributed by atoms with E-state index in [0.29, 0.717) is 36.2 Å². The number of sulfonamides is 1. The van der Waals surface area contributed by atoms with Crippen LogP contribution >= 0.6 is 11.6 Å². The second kappa shape index (κ2) is 11.1. The summed E-state index contributed by atoms with van der Waals surface area (Å²) in [5, 5.41) is 0.465. The Morgan fingerprint density at radius 2 is 1.89 bits per heavy atom. The van der Waals surface area contributed by atoms with Gasteiger partial charge in [0.1, 0.15) is 5.75 Å². The largest absolute Gasteiger partial charge is 0.490 e. The molecule has 0 spiro atoms. The van der Waals surface area contributed by atoms with E-state index in [2.05, 4.69) is 15.8 Å². The second-order valence-electron chi connectivity index (χ2n) is 9.66. The minimum absolute atomic E-state index is 0.168. The standard InChI is InChI=1S/C28H32ClN3O4S/c29-26-10-9-22(37(33,34)32-15-4-3-14-30)17-20(26)19-35-28(12-13-28)25-18-31-16-11-23(25)24-5-1-2-6-27(24)36-21-7-8-21/h1-2,5-6,9-11,16-18,21,32H,3-4,7-8,12-15,19,30H2. The Bertz CT molecular complexity index is 1360. The Kier molecular flexibility index (Phi) is 7.83. The van der Waals surface area contributed by atoms with Crippen LogP contribution in [0.4, 0.5) is 0 Å². The zero-order valence-electron chi connectivity index (χ0n) is 20.7. The van der Waals surface area contributed by atoms with Gasteiger partial charge in [0, 0.05) is 35.1 Å². The van der Waals surface area contributed by atoms with E-state index in [-0.39, 0.29) is 11.5 Å². The fourth-order valence-corrected chi connectivity index (χ4v) is 5.66. The molecule has 0 saturated heterocycles. The number of halogens is 1. The summed E-state index contributed by atoms with van der Waals surface area (Å²) in [6.45, 7) is 1.06. The lowest BCUT2D eigenvalue weighted by atomic mass is 9.96. The van der Waals surface area contributed by atoms with Crippen molar-refractivity contribution in [2.45, 2.75) is 61.7 Å². The lowest BCUT2D eigenvalue weighted by Gasteiger charge is -2.22. The molecule has 0 amide bonds. The van der Waals surface area contributed by atoms with Gasteiger partial charge in [-0.3, -0.25) is 4.98 Å². The Morgan fingerprint density at radius 1 is 1.08 bits per heavy atom. The second-order valence-corrected chi connectivity index (χ2v) is 11.8. The van der Waals surface area contributed by atoms with Gasteiger partial charge in [0.05, 0.1) is 23.2 Å². The number of nitrogens with two attached hydrogens (primary N) is 1. The van der Waals surface area contributed by atoms with E-state index in [1.165, 1.54) is 6.07 Å². The third-order valence-electron chi connectivity index (χ3n) is 6.77. The number of hydrogen-bond donors (Lipinski definition) is 2. The molecule has 0 unspecified atom stereocenters. The van der Waals surface area contributed by atoms with Crippen LogP contribution in [-0.4, -0.2) is 32.6 Å². The molecule has 37 heavy (non-hydrogen) atoms. The Hall–Kier alpha value is -2.49. The highest BCUT2D eigenvalue weighted by molar-refractivity contribution is 7.89. The number of nitrogens with one attached hydrogen (secondary N) is 1. The van der Waals surface area contributed by atoms with Gasteiger partial charge in [-0.25, -0.2) is 13.1 Å². The molecule has 2 aromatic carbocycles. The maximum absolute atomic E-state index is 12.8. The van der Waals surface area contributed by atoms with Gasteiger partial charge in [-0.15, -0.1) is 0 Å². The molecule has 2 saturated carbocycles. The van der Waals surface area contributed by atoms with Gasteiger partial charge in [0.15, 0.2) is 0 Å². The molecule has 0 atom stereocenters. The normalized spacial score (nSPS) is 16.5.